The maximum Gasteiger partial charge on any atom is 0.241 e. The van der Waals surface area contributed by atoms with E-state index in [0.29, 0.717) is 6.42 Å². The third-order valence-corrected chi connectivity index (χ3v) is 5.93. The third kappa shape index (κ3) is 6.44. The molecule has 0 fully saturated rings. The van der Waals surface area contributed by atoms with Crippen molar-refractivity contribution in [2.24, 2.45) is 0 Å². The van der Waals surface area contributed by atoms with Crippen molar-refractivity contribution in [1.29, 1.82) is 0 Å². The number of carbonyl (C=O) groups is 1. The lowest BCUT2D eigenvalue weighted by Gasteiger charge is -2.23. The molecule has 1 amide bonds. The normalized spacial score (nSPS) is 14.9. The monoisotopic (exact) mass is 404 g/mol. The molecule has 2 aromatic rings. The minimum Gasteiger partial charge on any atom is -0.391 e. The molecular formula is C21H28N2O4S. The molecule has 0 aliphatic carbocycles. The van der Waals surface area contributed by atoms with Gasteiger partial charge in [0.25, 0.3) is 0 Å². The smallest absolute Gasteiger partial charge is 0.241 e. The second-order valence-electron chi connectivity index (χ2n) is 7.09. The number of aliphatic hydroxyl groups is 1. The zero-order chi connectivity index (χ0) is 20.7. The molecule has 0 saturated carbocycles. The summed E-state index contributed by atoms with van der Waals surface area (Å²) < 4.78 is 27.4. The number of aryl methyl sites for hydroxylation is 2. The van der Waals surface area contributed by atoms with Crippen molar-refractivity contribution >= 4 is 15.9 Å². The van der Waals surface area contributed by atoms with Crippen LogP contribution in [0.1, 0.15) is 31.4 Å². The van der Waals surface area contributed by atoms with Crippen LogP contribution in [0.5, 0.6) is 0 Å². The van der Waals surface area contributed by atoms with Crippen LogP contribution in [0.3, 0.4) is 0 Å². The van der Waals surface area contributed by atoms with Gasteiger partial charge in [-0.05, 0) is 51.3 Å². The Bertz CT molecular complexity index is 865. The summed E-state index contributed by atoms with van der Waals surface area (Å²) in [6, 6.07) is 14.8. The van der Waals surface area contributed by atoms with Gasteiger partial charge in [0.15, 0.2) is 0 Å². The van der Waals surface area contributed by atoms with Gasteiger partial charge < -0.3 is 10.4 Å². The molecule has 7 heteroatoms. The minimum absolute atomic E-state index is 0.0497. The van der Waals surface area contributed by atoms with Crippen LogP contribution < -0.4 is 10.0 Å². The minimum atomic E-state index is -3.93. The second-order valence-corrected chi connectivity index (χ2v) is 8.80. The molecule has 152 valence electrons. The van der Waals surface area contributed by atoms with Crippen LogP contribution >= 0.6 is 0 Å². The number of carbonyl (C=O) groups excluding carboxylic acids is 1. The largest absolute Gasteiger partial charge is 0.391 e. The van der Waals surface area contributed by atoms with Crippen molar-refractivity contribution in [3.8, 4) is 0 Å². The summed E-state index contributed by atoms with van der Waals surface area (Å²) in [5, 5.41) is 12.8. The summed E-state index contributed by atoms with van der Waals surface area (Å²) in [6.45, 7) is 5.09. The summed E-state index contributed by atoms with van der Waals surface area (Å²) in [5.41, 5.74) is 2.09. The predicted octanol–water partition coefficient (Wildman–Crippen LogP) is 2.16. The van der Waals surface area contributed by atoms with Gasteiger partial charge in [0.1, 0.15) is 6.04 Å². The van der Waals surface area contributed by atoms with E-state index in [4.69, 9.17) is 0 Å². The number of sulfonamides is 1. The number of hydrogen-bond acceptors (Lipinski definition) is 4. The van der Waals surface area contributed by atoms with Gasteiger partial charge in [0.2, 0.25) is 15.9 Å². The highest BCUT2D eigenvalue weighted by atomic mass is 32.2. The van der Waals surface area contributed by atoms with Crippen molar-refractivity contribution in [2.75, 3.05) is 0 Å². The molecule has 0 aromatic heterocycles. The molecule has 2 rings (SSSR count). The van der Waals surface area contributed by atoms with Crippen molar-refractivity contribution in [3.05, 3.63) is 65.7 Å². The lowest BCUT2D eigenvalue weighted by molar-refractivity contribution is -0.125. The molecule has 3 atom stereocenters. The van der Waals surface area contributed by atoms with E-state index in [-0.39, 0.29) is 10.9 Å². The average molecular weight is 405 g/mol. The van der Waals surface area contributed by atoms with E-state index in [0.717, 1.165) is 17.5 Å². The van der Waals surface area contributed by atoms with E-state index < -0.39 is 28.1 Å². The first-order chi connectivity index (χ1) is 13.2. The number of benzene rings is 2. The molecule has 0 heterocycles. The van der Waals surface area contributed by atoms with E-state index >= 15 is 0 Å². The van der Waals surface area contributed by atoms with Crippen molar-refractivity contribution in [2.45, 2.75) is 56.7 Å². The van der Waals surface area contributed by atoms with Gasteiger partial charge in [-0.3, -0.25) is 4.79 Å². The van der Waals surface area contributed by atoms with Gasteiger partial charge in [-0.25, -0.2) is 8.42 Å². The van der Waals surface area contributed by atoms with Crippen LogP contribution in [0.25, 0.3) is 0 Å². The Hall–Kier alpha value is -2.22. The molecule has 0 aliphatic rings. The third-order valence-electron chi connectivity index (χ3n) is 4.48. The first kappa shape index (κ1) is 22.1. The molecule has 3 unspecified atom stereocenters. The molecule has 0 bridgehead atoms. The second kappa shape index (κ2) is 9.82. The highest BCUT2D eigenvalue weighted by molar-refractivity contribution is 7.89. The van der Waals surface area contributed by atoms with Crippen LogP contribution in [0.2, 0.25) is 0 Å². The van der Waals surface area contributed by atoms with Gasteiger partial charge in [-0.15, -0.1) is 0 Å². The Labute approximate surface area is 167 Å². The highest BCUT2D eigenvalue weighted by Crippen LogP contribution is 2.12. The maximum absolute atomic E-state index is 12.6. The van der Waals surface area contributed by atoms with E-state index in [9.17, 15) is 18.3 Å². The Morgan fingerprint density at radius 1 is 1.04 bits per heavy atom. The predicted molar refractivity (Wildman–Crippen MR) is 109 cm³/mol. The van der Waals surface area contributed by atoms with Gasteiger partial charge in [-0.2, -0.15) is 4.72 Å². The average Bonchev–Trinajstić information content (AvgIpc) is 2.65. The lowest BCUT2D eigenvalue weighted by atomic mass is 10.1. The quantitative estimate of drug-likeness (QED) is 0.597. The standard InChI is InChI=1S/C21H28N2O4S/c1-15-9-13-19(14-10-15)28(26,27)23-20(17(3)24)21(25)22-16(2)11-12-18-7-5-4-6-8-18/h4-10,13-14,16-17,20,23-24H,11-12H2,1-3H3,(H,22,25). The van der Waals surface area contributed by atoms with E-state index in [2.05, 4.69) is 10.0 Å². The Balaban J connectivity index is 2.00. The van der Waals surface area contributed by atoms with Crippen molar-refractivity contribution in [1.82, 2.24) is 10.0 Å². The molecule has 28 heavy (non-hydrogen) atoms. The summed E-state index contributed by atoms with van der Waals surface area (Å²) in [5.74, 6) is -0.550. The topological polar surface area (TPSA) is 95.5 Å². The van der Waals surface area contributed by atoms with Crippen LogP contribution in [-0.2, 0) is 21.2 Å². The fourth-order valence-corrected chi connectivity index (χ4v) is 4.03. The van der Waals surface area contributed by atoms with E-state index in [1.54, 1.807) is 12.1 Å². The summed E-state index contributed by atoms with van der Waals surface area (Å²) in [4.78, 5) is 12.6. The summed E-state index contributed by atoms with van der Waals surface area (Å²) in [7, 11) is -3.93. The van der Waals surface area contributed by atoms with Gasteiger partial charge in [-0.1, -0.05) is 48.0 Å². The first-order valence-electron chi connectivity index (χ1n) is 9.30. The Morgan fingerprint density at radius 2 is 1.64 bits per heavy atom. The first-order valence-corrected chi connectivity index (χ1v) is 10.8. The lowest BCUT2D eigenvalue weighted by Crippen LogP contribution is -2.54. The number of nitrogens with one attached hydrogen (secondary N) is 2. The van der Waals surface area contributed by atoms with Gasteiger partial charge in [0.05, 0.1) is 11.0 Å². The van der Waals surface area contributed by atoms with E-state index in [1.807, 2.05) is 44.2 Å². The zero-order valence-corrected chi connectivity index (χ0v) is 17.2. The Kier molecular flexibility index (Phi) is 7.74. The summed E-state index contributed by atoms with van der Waals surface area (Å²) >= 11 is 0. The molecule has 0 radical (unpaired) electrons. The van der Waals surface area contributed by atoms with Crippen LogP contribution in [0.15, 0.2) is 59.5 Å². The zero-order valence-electron chi connectivity index (χ0n) is 16.4. The van der Waals surface area contributed by atoms with E-state index in [1.165, 1.54) is 19.1 Å². The molecule has 0 saturated heterocycles. The van der Waals surface area contributed by atoms with Crippen molar-refractivity contribution < 1.29 is 18.3 Å². The number of aliphatic hydroxyl groups excluding tert-OH is 1. The Morgan fingerprint density at radius 3 is 2.21 bits per heavy atom. The van der Waals surface area contributed by atoms with Crippen molar-refractivity contribution in [3.63, 3.8) is 0 Å². The maximum atomic E-state index is 12.6. The molecule has 2 aromatic carbocycles. The van der Waals surface area contributed by atoms with Gasteiger partial charge in [0, 0.05) is 6.04 Å². The molecule has 0 spiro atoms. The molecule has 0 aliphatic heterocycles. The summed E-state index contributed by atoms with van der Waals surface area (Å²) in [6.07, 6.45) is 0.311. The number of rotatable bonds is 9. The highest BCUT2D eigenvalue weighted by Gasteiger charge is 2.30. The number of hydrogen-bond donors (Lipinski definition) is 3. The van der Waals surface area contributed by atoms with Gasteiger partial charge >= 0.3 is 0 Å². The molecule has 3 N–H and O–H groups in total. The number of amides is 1. The fourth-order valence-electron chi connectivity index (χ4n) is 2.76. The van der Waals surface area contributed by atoms with Crippen LogP contribution in [0, 0.1) is 6.92 Å². The molecule has 6 nitrogen and oxygen atoms in total. The molecular weight excluding hydrogens is 376 g/mol. The SMILES string of the molecule is Cc1ccc(S(=O)(=O)NC(C(=O)NC(C)CCc2ccccc2)C(C)O)cc1. The van der Waals surface area contributed by atoms with Crippen LogP contribution in [-0.4, -0.2) is 37.6 Å². The fraction of sp³-hybridized carbons (Fsp3) is 0.381. The van der Waals surface area contributed by atoms with Crippen LogP contribution in [0.4, 0.5) is 0 Å².